The molecule has 2 aliphatic rings. The molecule has 1 aromatic heterocycles. The standard InChI is InChI=1S/C20H24N4O3S/c1-22-11-18(25)24(16-7-10-28-12-16)14-20(22)8-9-23(13-20)19(26)21-15-3-5-17(27-2)6-4-15/h3-7,10,12H,8-9,11,13-14H2,1-2H3,(H,21,26)/t20-/m0/s1. The summed E-state index contributed by atoms with van der Waals surface area (Å²) < 4.78 is 5.15. The molecule has 2 fully saturated rings. The van der Waals surface area contributed by atoms with Crippen molar-refractivity contribution >= 4 is 34.6 Å². The molecule has 7 nitrogen and oxygen atoms in total. The van der Waals surface area contributed by atoms with Crippen LogP contribution in [-0.2, 0) is 4.79 Å². The van der Waals surface area contributed by atoms with E-state index in [4.69, 9.17) is 4.74 Å². The molecule has 28 heavy (non-hydrogen) atoms. The van der Waals surface area contributed by atoms with E-state index in [2.05, 4.69) is 10.2 Å². The van der Waals surface area contributed by atoms with Gasteiger partial charge in [-0.1, -0.05) is 0 Å². The van der Waals surface area contributed by atoms with Crippen molar-refractivity contribution in [1.82, 2.24) is 9.80 Å². The van der Waals surface area contributed by atoms with Crippen LogP contribution in [0.3, 0.4) is 0 Å². The number of thiophene rings is 1. The van der Waals surface area contributed by atoms with Crippen LogP contribution in [0.2, 0.25) is 0 Å². The number of carbonyl (C=O) groups excluding carboxylic acids is 2. The molecule has 0 radical (unpaired) electrons. The van der Waals surface area contributed by atoms with Gasteiger partial charge in [0, 0.05) is 30.7 Å². The van der Waals surface area contributed by atoms with Gasteiger partial charge in [-0.05, 0) is 49.2 Å². The molecule has 4 rings (SSSR count). The Labute approximate surface area is 168 Å². The van der Waals surface area contributed by atoms with Gasteiger partial charge in [0.15, 0.2) is 0 Å². The van der Waals surface area contributed by atoms with Gasteiger partial charge in [-0.25, -0.2) is 4.79 Å². The van der Waals surface area contributed by atoms with Crippen LogP contribution in [-0.4, -0.2) is 67.6 Å². The lowest BCUT2D eigenvalue weighted by Gasteiger charge is -2.46. The molecule has 2 saturated heterocycles. The van der Waals surface area contributed by atoms with Gasteiger partial charge in [0.2, 0.25) is 5.91 Å². The number of hydrogen-bond donors (Lipinski definition) is 1. The van der Waals surface area contributed by atoms with Gasteiger partial charge in [-0.2, -0.15) is 11.3 Å². The van der Waals surface area contributed by atoms with Gasteiger partial charge in [0.05, 0.1) is 24.9 Å². The summed E-state index contributed by atoms with van der Waals surface area (Å²) in [5, 5.41) is 6.94. The van der Waals surface area contributed by atoms with E-state index in [0.29, 0.717) is 26.2 Å². The maximum absolute atomic E-state index is 12.8. The number of carbonyl (C=O) groups is 2. The SMILES string of the molecule is COc1ccc(NC(=O)N2CC[C@]3(C2)CN(c2ccsc2)C(=O)CN3C)cc1. The van der Waals surface area contributed by atoms with Crippen molar-refractivity contribution in [3.8, 4) is 5.75 Å². The molecule has 148 valence electrons. The fraction of sp³-hybridized carbons (Fsp3) is 0.400. The first-order valence-electron chi connectivity index (χ1n) is 9.24. The van der Waals surface area contributed by atoms with Crippen molar-refractivity contribution in [1.29, 1.82) is 0 Å². The van der Waals surface area contributed by atoms with Crippen molar-refractivity contribution in [2.24, 2.45) is 0 Å². The molecule has 1 spiro atoms. The van der Waals surface area contributed by atoms with Gasteiger partial charge >= 0.3 is 6.03 Å². The predicted octanol–water partition coefficient (Wildman–Crippen LogP) is 2.71. The summed E-state index contributed by atoms with van der Waals surface area (Å²) in [5.74, 6) is 0.854. The molecule has 0 bridgehead atoms. The van der Waals surface area contributed by atoms with Crippen LogP contribution in [0.1, 0.15) is 6.42 Å². The van der Waals surface area contributed by atoms with E-state index in [1.165, 1.54) is 0 Å². The average molecular weight is 401 g/mol. The minimum atomic E-state index is -0.215. The van der Waals surface area contributed by atoms with Crippen LogP contribution in [0.25, 0.3) is 0 Å². The first kappa shape index (κ1) is 18.8. The first-order valence-corrected chi connectivity index (χ1v) is 10.2. The highest BCUT2D eigenvalue weighted by Gasteiger charge is 2.48. The molecule has 8 heteroatoms. The number of benzene rings is 1. The molecule has 3 heterocycles. The number of hydrogen-bond acceptors (Lipinski definition) is 5. The molecular weight excluding hydrogens is 376 g/mol. The van der Waals surface area contributed by atoms with Crippen LogP contribution in [0.15, 0.2) is 41.1 Å². The van der Waals surface area contributed by atoms with Crippen molar-refractivity contribution in [3.05, 3.63) is 41.1 Å². The highest BCUT2D eigenvalue weighted by Crippen LogP contribution is 2.34. The van der Waals surface area contributed by atoms with Crippen molar-refractivity contribution in [2.45, 2.75) is 12.0 Å². The third-order valence-corrected chi connectivity index (χ3v) is 6.39. The quantitative estimate of drug-likeness (QED) is 0.860. The number of amides is 3. The van der Waals surface area contributed by atoms with Gasteiger partial charge < -0.3 is 19.9 Å². The lowest BCUT2D eigenvalue weighted by atomic mass is 9.93. The van der Waals surface area contributed by atoms with Gasteiger partial charge in [0.25, 0.3) is 0 Å². The Morgan fingerprint density at radius 2 is 2.00 bits per heavy atom. The van der Waals surface area contributed by atoms with Gasteiger partial charge in [0.1, 0.15) is 5.75 Å². The average Bonchev–Trinajstić information content (AvgIpc) is 3.36. The highest BCUT2D eigenvalue weighted by molar-refractivity contribution is 7.08. The number of methoxy groups -OCH3 is 1. The Morgan fingerprint density at radius 3 is 2.68 bits per heavy atom. The molecule has 0 aliphatic carbocycles. The summed E-state index contributed by atoms with van der Waals surface area (Å²) in [6, 6.07) is 9.15. The van der Waals surface area contributed by atoms with E-state index in [0.717, 1.165) is 23.5 Å². The molecule has 1 N–H and O–H groups in total. The number of nitrogens with zero attached hydrogens (tertiary/aromatic N) is 3. The second-order valence-electron chi connectivity index (χ2n) is 7.37. The smallest absolute Gasteiger partial charge is 0.321 e. The summed E-state index contributed by atoms with van der Waals surface area (Å²) in [5.41, 5.74) is 1.47. The van der Waals surface area contributed by atoms with E-state index in [9.17, 15) is 9.59 Å². The molecule has 0 unspecified atom stereocenters. The number of urea groups is 1. The zero-order chi connectivity index (χ0) is 19.7. The first-order chi connectivity index (χ1) is 13.5. The number of ether oxygens (including phenoxy) is 1. The highest BCUT2D eigenvalue weighted by atomic mass is 32.1. The van der Waals surface area contributed by atoms with Crippen molar-refractivity contribution < 1.29 is 14.3 Å². The zero-order valence-electron chi connectivity index (χ0n) is 16.1. The molecule has 3 amide bonds. The topological polar surface area (TPSA) is 65.1 Å². The van der Waals surface area contributed by atoms with E-state index in [1.54, 1.807) is 18.4 Å². The Bertz CT molecular complexity index is 855. The largest absolute Gasteiger partial charge is 0.497 e. The monoisotopic (exact) mass is 400 g/mol. The van der Waals surface area contributed by atoms with E-state index < -0.39 is 0 Å². The van der Waals surface area contributed by atoms with Gasteiger partial charge in [-0.3, -0.25) is 9.69 Å². The van der Waals surface area contributed by atoms with Crippen LogP contribution in [0.4, 0.5) is 16.2 Å². The second-order valence-corrected chi connectivity index (χ2v) is 8.15. The minimum Gasteiger partial charge on any atom is -0.497 e. The Hall–Kier alpha value is -2.58. The lowest BCUT2D eigenvalue weighted by molar-refractivity contribution is -0.123. The molecule has 2 aliphatic heterocycles. The summed E-state index contributed by atoms with van der Waals surface area (Å²) >= 11 is 1.59. The Morgan fingerprint density at radius 1 is 1.21 bits per heavy atom. The van der Waals surface area contributed by atoms with Crippen LogP contribution >= 0.6 is 11.3 Å². The number of anilines is 2. The van der Waals surface area contributed by atoms with E-state index in [1.807, 2.05) is 57.9 Å². The summed E-state index contributed by atoms with van der Waals surface area (Å²) in [6.07, 6.45) is 0.841. The molecule has 1 atom stereocenters. The maximum Gasteiger partial charge on any atom is 0.321 e. The van der Waals surface area contributed by atoms with E-state index in [-0.39, 0.29) is 17.5 Å². The molecule has 1 aromatic carbocycles. The Kier molecular flexibility index (Phi) is 4.99. The predicted molar refractivity (Wildman–Crippen MR) is 110 cm³/mol. The number of likely N-dealkylation sites (N-methyl/N-ethyl adjacent to an activating group) is 1. The summed E-state index contributed by atoms with van der Waals surface area (Å²) in [7, 11) is 3.59. The number of nitrogens with one attached hydrogen (secondary N) is 1. The molecule has 2 aromatic rings. The Balaban J connectivity index is 1.45. The minimum absolute atomic E-state index is 0.104. The second kappa shape index (κ2) is 7.44. The van der Waals surface area contributed by atoms with Crippen LogP contribution < -0.4 is 15.0 Å². The fourth-order valence-electron chi connectivity index (χ4n) is 3.95. The third-order valence-electron chi connectivity index (χ3n) is 5.71. The van der Waals surface area contributed by atoms with Crippen molar-refractivity contribution in [3.63, 3.8) is 0 Å². The van der Waals surface area contributed by atoms with E-state index >= 15 is 0 Å². The fourth-order valence-corrected chi connectivity index (χ4v) is 4.59. The molecule has 0 saturated carbocycles. The zero-order valence-corrected chi connectivity index (χ0v) is 16.9. The summed E-state index contributed by atoms with van der Waals surface area (Å²) in [6.45, 7) is 2.23. The normalized spacial score (nSPS) is 22.7. The number of likely N-dealkylation sites (tertiary alicyclic amines) is 1. The third kappa shape index (κ3) is 3.45. The number of rotatable bonds is 3. The van der Waals surface area contributed by atoms with Crippen LogP contribution in [0.5, 0.6) is 5.75 Å². The maximum atomic E-state index is 12.8. The molecular formula is C20H24N4O3S. The van der Waals surface area contributed by atoms with Crippen molar-refractivity contribution in [2.75, 3.05) is 50.6 Å². The lowest BCUT2D eigenvalue weighted by Crippen LogP contribution is -2.64. The summed E-state index contributed by atoms with van der Waals surface area (Å²) in [4.78, 5) is 31.1. The number of piperazine rings is 1. The van der Waals surface area contributed by atoms with Gasteiger partial charge in [-0.15, -0.1) is 0 Å². The van der Waals surface area contributed by atoms with Crippen LogP contribution in [0, 0.1) is 0 Å².